The van der Waals surface area contributed by atoms with Crippen molar-refractivity contribution in [3.05, 3.63) is 96.1 Å². The maximum absolute atomic E-state index is 12.3. The van der Waals surface area contributed by atoms with E-state index in [4.69, 9.17) is 0 Å². The Bertz CT molecular complexity index is 1070. The number of aliphatic hydroxyl groups is 1. The Balaban J connectivity index is 1.73. The predicted octanol–water partition coefficient (Wildman–Crippen LogP) is 5.32. The minimum atomic E-state index is -1.04. The summed E-state index contributed by atoms with van der Waals surface area (Å²) in [6.07, 6.45) is 2.11. The van der Waals surface area contributed by atoms with Crippen LogP contribution in [0.3, 0.4) is 0 Å². The van der Waals surface area contributed by atoms with Gasteiger partial charge in [0.15, 0.2) is 0 Å². The number of likely N-dealkylation sites (tertiary alicyclic amines) is 1. The standard InChI is InChI=1S/C26H25NO/c1-27-16-6-11-25(27)26(28,23-14-12-19-7-2-4-9-21(19)17-23)24-15-13-20-8-3-5-10-22(20)18-24/h2-5,7-10,12-15,17-18,25,28H,6,11,16H2,1H3/t25-/m0/s1. The Hall–Kier alpha value is -2.68. The Kier molecular flexibility index (Phi) is 4.19. The summed E-state index contributed by atoms with van der Waals surface area (Å²) in [6, 6.07) is 29.6. The number of hydrogen-bond acceptors (Lipinski definition) is 2. The zero-order valence-electron chi connectivity index (χ0n) is 16.2. The molecule has 1 atom stereocenters. The number of hydrogen-bond donors (Lipinski definition) is 1. The average Bonchev–Trinajstić information content (AvgIpc) is 3.19. The third kappa shape index (κ3) is 2.72. The molecule has 4 aromatic carbocycles. The first-order chi connectivity index (χ1) is 13.7. The van der Waals surface area contributed by atoms with E-state index in [1.807, 2.05) is 0 Å². The first-order valence-corrected chi connectivity index (χ1v) is 10.1. The third-order valence-corrected chi connectivity index (χ3v) is 6.38. The molecule has 0 spiro atoms. The van der Waals surface area contributed by atoms with Gasteiger partial charge in [0.1, 0.15) is 5.60 Å². The van der Waals surface area contributed by atoms with Gasteiger partial charge in [-0.2, -0.15) is 0 Å². The van der Waals surface area contributed by atoms with Crippen LogP contribution in [-0.4, -0.2) is 29.6 Å². The quantitative estimate of drug-likeness (QED) is 0.529. The van der Waals surface area contributed by atoms with Crippen molar-refractivity contribution in [2.45, 2.75) is 24.5 Å². The summed E-state index contributed by atoms with van der Waals surface area (Å²) < 4.78 is 0. The van der Waals surface area contributed by atoms with E-state index in [2.05, 4.69) is 96.9 Å². The second-order valence-electron chi connectivity index (χ2n) is 8.03. The fourth-order valence-corrected chi connectivity index (χ4v) is 4.84. The Morgan fingerprint density at radius 2 is 1.25 bits per heavy atom. The molecule has 140 valence electrons. The van der Waals surface area contributed by atoms with Crippen LogP contribution in [0.1, 0.15) is 24.0 Å². The molecule has 0 bridgehead atoms. The van der Waals surface area contributed by atoms with Gasteiger partial charge in [-0.05, 0) is 71.2 Å². The molecule has 1 saturated heterocycles. The Morgan fingerprint density at radius 1 is 0.750 bits per heavy atom. The van der Waals surface area contributed by atoms with E-state index in [1.54, 1.807) is 0 Å². The lowest BCUT2D eigenvalue weighted by atomic mass is 9.78. The van der Waals surface area contributed by atoms with Crippen molar-refractivity contribution in [1.82, 2.24) is 4.90 Å². The van der Waals surface area contributed by atoms with Crippen LogP contribution in [-0.2, 0) is 5.60 Å². The number of rotatable bonds is 3. The highest BCUT2D eigenvalue weighted by atomic mass is 16.3. The van der Waals surface area contributed by atoms with E-state index >= 15 is 0 Å². The summed E-state index contributed by atoms with van der Waals surface area (Å²) in [6.45, 7) is 1.02. The Morgan fingerprint density at radius 3 is 1.71 bits per heavy atom. The molecular formula is C26H25NO. The fourth-order valence-electron chi connectivity index (χ4n) is 4.84. The molecule has 0 aliphatic carbocycles. The normalized spacial score (nSPS) is 18.1. The van der Waals surface area contributed by atoms with Crippen molar-refractivity contribution in [3.8, 4) is 0 Å². The maximum Gasteiger partial charge on any atom is 0.130 e. The van der Waals surface area contributed by atoms with Gasteiger partial charge in [0, 0.05) is 6.04 Å². The fraction of sp³-hybridized carbons (Fsp3) is 0.231. The molecule has 1 N–H and O–H groups in total. The molecule has 0 radical (unpaired) electrons. The zero-order chi connectivity index (χ0) is 19.1. The lowest BCUT2D eigenvalue weighted by Crippen LogP contribution is -2.46. The molecule has 0 aromatic heterocycles. The number of nitrogens with zero attached hydrogens (tertiary/aromatic N) is 1. The highest BCUT2D eigenvalue weighted by Gasteiger charge is 2.44. The smallest absolute Gasteiger partial charge is 0.130 e. The van der Waals surface area contributed by atoms with Crippen molar-refractivity contribution >= 4 is 21.5 Å². The molecule has 0 amide bonds. The molecule has 1 aliphatic rings. The summed E-state index contributed by atoms with van der Waals surface area (Å²) in [5.41, 5.74) is 0.903. The van der Waals surface area contributed by atoms with Gasteiger partial charge in [0.05, 0.1) is 0 Å². The summed E-state index contributed by atoms with van der Waals surface area (Å²) in [4.78, 5) is 2.31. The molecule has 28 heavy (non-hydrogen) atoms. The molecule has 0 saturated carbocycles. The van der Waals surface area contributed by atoms with E-state index in [0.29, 0.717) is 0 Å². The van der Waals surface area contributed by atoms with Gasteiger partial charge in [-0.15, -0.1) is 0 Å². The largest absolute Gasteiger partial charge is 0.379 e. The van der Waals surface area contributed by atoms with Crippen LogP contribution in [0.25, 0.3) is 21.5 Å². The van der Waals surface area contributed by atoms with Crippen LogP contribution in [0.15, 0.2) is 84.9 Å². The van der Waals surface area contributed by atoms with Crippen molar-refractivity contribution in [2.24, 2.45) is 0 Å². The SMILES string of the molecule is CN1CCC[C@H]1C(O)(c1ccc2ccccc2c1)c1ccc2ccccc2c1. The molecule has 2 nitrogen and oxygen atoms in total. The highest BCUT2D eigenvalue weighted by molar-refractivity contribution is 5.85. The number of likely N-dealkylation sites (N-methyl/N-ethyl adjacent to an activating group) is 1. The molecule has 0 unspecified atom stereocenters. The van der Waals surface area contributed by atoms with Gasteiger partial charge in [-0.3, -0.25) is 4.90 Å². The van der Waals surface area contributed by atoms with E-state index in [-0.39, 0.29) is 6.04 Å². The van der Waals surface area contributed by atoms with Crippen molar-refractivity contribution in [2.75, 3.05) is 13.6 Å². The molecule has 4 aromatic rings. The van der Waals surface area contributed by atoms with Gasteiger partial charge in [-0.1, -0.05) is 72.8 Å². The van der Waals surface area contributed by atoms with Gasteiger partial charge in [-0.25, -0.2) is 0 Å². The summed E-state index contributed by atoms with van der Waals surface area (Å²) in [5.74, 6) is 0. The monoisotopic (exact) mass is 367 g/mol. The van der Waals surface area contributed by atoms with E-state index in [1.165, 1.54) is 21.5 Å². The molecule has 1 fully saturated rings. The maximum atomic E-state index is 12.3. The summed E-state index contributed by atoms with van der Waals surface area (Å²) in [7, 11) is 2.13. The number of benzene rings is 4. The average molecular weight is 367 g/mol. The summed E-state index contributed by atoms with van der Waals surface area (Å²) >= 11 is 0. The molecule has 1 aliphatic heterocycles. The van der Waals surface area contributed by atoms with Gasteiger partial charge in [0.25, 0.3) is 0 Å². The van der Waals surface area contributed by atoms with E-state index in [0.717, 1.165) is 30.5 Å². The van der Waals surface area contributed by atoms with Crippen LogP contribution in [0, 0.1) is 0 Å². The van der Waals surface area contributed by atoms with Crippen molar-refractivity contribution in [1.29, 1.82) is 0 Å². The zero-order valence-corrected chi connectivity index (χ0v) is 16.2. The van der Waals surface area contributed by atoms with Crippen molar-refractivity contribution in [3.63, 3.8) is 0 Å². The summed E-state index contributed by atoms with van der Waals surface area (Å²) in [5, 5.41) is 17.0. The van der Waals surface area contributed by atoms with Crippen molar-refractivity contribution < 1.29 is 5.11 Å². The first kappa shape index (κ1) is 17.4. The van der Waals surface area contributed by atoms with Crippen LogP contribution in [0.4, 0.5) is 0 Å². The minimum Gasteiger partial charge on any atom is -0.379 e. The van der Waals surface area contributed by atoms with E-state index in [9.17, 15) is 5.11 Å². The lowest BCUT2D eigenvalue weighted by molar-refractivity contribution is 0.00490. The first-order valence-electron chi connectivity index (χ1n) is 10.1. The predicted molar refractivity (Wildman–Crippen MR) is 117 cm³/mol. The van der Waals surface area contributed by atoms with Crippen LogP contribution in [0.2, 0.25) is 0 Å². The van der Waals surface area contributed by atoms with Crippen LogP contribution >= 0.6 is 0 Å². The van der Waals surface area contributed by atoms with Gasteiger partial charge >= 0.3 is 0 Å². The second kappa shape index (κ2) is 6.73. The lowest BCUT2D eigenvalue weighted by Gasteiger charge is -2.39. The van der Waals surface area contributed by atoms with E-state index < -0.39 is 5.60 Å². The molecule has 1 heterocycles. The molecule has 2 heteroatoms. The van der Waals surface area contributed by atoms with Crippen LogP contribution < -0.4 is 0 Å². The third-order valence-electron chi connectivity index (χ3n) is 6.38. The molecular weight excluding hydrogens is 342 g/mol. The van der Waals surface area contributed by atoms with Gasteiger partial charge in [0.2, 0.25) is 0 Å². The minimum absolute atomic E-state index is 0.0647. The second-order valence-corrected chi connectivity index (χ2v) is 8.03. The topological polar surface area (TPSA) is 23.5 Å². The molecule has 5 rings (SSSR count). The highest BCUT2D eigenvalue weighted by Crippen LogP contribution is 2.41. The number of fused-ring (bicyclic) bond motifs is 2. The Labute approximate surface area is 166 Å². The van der Waals surface area contributed by atoms with Crippen LogP contribution in [0.5, 0.6) is 0 Å². The van der Waals surface area contributed by atoms with Gasteiger partial charge < -0.3 is 5.11 Å².